The van der Waals surface area contributed by atoms with Crippen molar-refractivity contribution in [2.75, 3.05) is 18.5 Å². The van der Waals surface area contributed by atoms with Gasteiger partial charge in [0.15, 0.2) is 0 Å². The molecule has 1 N–H and O–H groups in total. The lowest BCUT2D eigenvalue weighted by Crippen LogP contribution is -2.37. The average molecular weight is 309 g/mol. The molecular formula is C13H22F3N3O2. The molecule has 0 aliphatic heterocycles. The van der Waals surface area contributed by atoms with Crippen LogP contribution < -0.4 is 5.32 Å². The van der Waals surface area contributed by atoms with Crippen LogP contribution in [0.2, 0.25) is 0 Å². The van der Waals surface area contributed by atoms with E-state index in [1.54, 1.807) is 13.8 Å². The molecule has 0 radical (unpaired) electrons. The molecular weight excluding hydrogens is 287 g/mol. The van der Waals surface area contributed by atoms with Crippen molar-refractivity contribution in [2.24, 2.45) is 0 Å². The lowest BCUT2D eigenvalue weighted by Gasteiger charge is -2.25. The number of rotatable bonds is 7. The summed E-state index contributed by atoms with van der Waals surface area (Å²) >= 11 is 0. The van der Waals surface area contributed by atoms with Crippen LogP contribution in [0, 0.1) is 0 Å². The smallest absolute Gasteiger partial charge is 0.408 e. The first kappa shape index (κ1) is 17.7. The van der Waals surface area contributed by atoms with Gasteiger partial charge in [-0.05, 0) is 20.3 Å². The van der Waals surface area contributed by atoms with Crippen LogP contribution in [0.4, 0.5) is 19.2 Å². The van der Waals surface area contributed by atoms with E-state index in [4.69, 9.17) is 9.15 Å². The van der Waals surface area contributed by atoms with Gasteiger partial charge in [0, 0.05) is 12.0 Å². The Balaban J connectivity index is 2.55. The van der Waals surface area contributed by atoms with E-state index in [0.29, 0.717) is 5.89 Å². The monoisotopic (exact) mass is 309 g/mol. The van der Waals surface area contributed by atoms with E-state index in [1.165, 1.54) is 0 Å². The average Bonchev–Trinajstić information content (AvgIpc) is 2.83. The Kier molecular flexibility index (Phi) is 5.25. The second-order valence-corrected chi connectivity index (χ2v) is 6.17. The predicted molar refractivity (Wildman–Crippen MR) is 72.2 cm³/mol. The molecule has 0 aliphatic rings. The van der Waals surface area contributed by atoms with E-state index in [1.807, 2.05) is 20.8 Å². The minimum atomic E-state index is -4.35. The molecule has 1 aromatic heterocycles. The predicted octanol–water partition coefficient (Wildman–Crippen LogP) is 3.53. The topological polar surface area (TPSA) is 60.2 Å². The van der Waals surface area contributed by atoms with Gasteiger partial charge in [-0.15, -0.1) is 5.10 Å². The van der Waals surface area contributed by atoms with E-state index in [0.717, 1.165) is 6.42 Å². The molecule has 0 amide bonds. The van der Waals surface area contributed by atoms with Gasteiger partial charge in [0.25, 0.3) is 0 Å². The lowest BCUT2D eigenvalue weighted by molar-refractivity contribution is -0.197. The first-order valence-corrected chi connectivity index (χ1v) is 6.74. The molecule has 0 saturated heterocycles. The van der Waals surface area contributed by atoms with E-state index in [9.17, 15) is 13.2 Å². The zero-order valence-electron chi connectivity index (χ0n) is 13.0. The Bertz CT molecular complexity index is 456. The van der Waals surface area contributed by atoms with E-state index < -0.39 is 18.4 Å². The summed E-state index contributed by atoms with van der Waals surface area (Å²) in [7, 11) is 0. The molecule has 0 spiro atoms. The molecule has 0 aromatic carbocycles. The lowest BCUT2D eigenvalue weighted by atomic mass is 9.90. The number of hydrogen-bond donors (Lipinski definition) is 1. The van der Waals surface area contributed by atoms with Crippen molar-refractivity contribution in [1.82, 2.24) is 10.2 Å². The van der Waals surface area contributed by atoms with Crippen molar-refractivity contribution in [3.8, 4) is 0 Å². The highest BCUT2D eigenvalue weighted by Crippen LogP contribution is 2.26. The zero-order chi connectivity index (χ0) is 16.3. The summed E-state index contributed by atoms with van der Waals surface area (Å²) in [5.41, 5.74) is -1.25. The second kappa shape index (κ2) is 6.21. The minimum absolute atomic E-state index is 0.122. The molecule has 8 heteroatoms. The van der Waals surface area contributed by atoms with Crippen LogP contribution >= 0.6 is 0 Å². The zero-order valence-corrected chi connectivity index (χ0v) is 13.0. The maximum absolute atomic E-state index is 12.1. The van der Waals surface area contributed by atoms with Crippen LogP contribution in [0.25, 0.3) is 0 Å². The van der Waals surface area contributed by atoms with Crippen molar-refractivity contribution in [3.05, 3.63) is 5.89 Å². The van der Waals surface area contributed by atoms with Gasteiger partial charge in [-0.3, -0.25) is 0 Å². The van der Waals surface area contributed by atoms with Gasteiger partial charge in [-0.25, -0.2) is 0 Å². The number of nitrogens with zero attached hydrogens (tertiary/aromatic N) is 2. The van der Waals surface area contributed by atoms with Gasteiger partial charge in [0.1, 0.15) is 6.61 Å². The molecule has 0 atom stereocenters. The summed E-state index contributed by atoms with van der Waals surface area (Å²) in [6, 6.07) is 0.176. The second-order valence-electron chi connectivity index (χ2n) is 6.17. The molecule has 0 unspecified atom stereocenters. The number of halogens is 3. The van der Waals surface area contributed by atoms with Crippen molar-refractivity contribution in [1.29, 1.82) is 0 Å². The van der Waals surface area contributed by atoms with Crippen LogP contribution in [-0.2, 0) is 10.2 Å². The maximum Gasteiger partial charge on any atom is 0.411 e. The van der Waals surface area contributed by atoms with Gasteiger partial charge in [0.2, 0.25) is 5.89 Å². The molecule has 1 aromatic rings. The van der Waals surface area contributed by atoms with Crippen LogP contribution in [0.15, 0.2) is 4.42 Å². The van der Waals surface area contributed by atoms with Gasteiger partial charge in [0.05, 0.1) is 5.60 Å². The van der Waals surface area contributed by atoms with E-state index in [-0.39, 0.29) is 18.0 Å². The Morgan fingerprint density at radius 2 is 1.76 bits per heavy atom. The van der Waals surface area contributed by atoms with Crippen LogP contribution in [0.3, 0.4) is 0 Å². The molecule has 0 fully saturated rings. The van der Waals surface area contributed by atoms with Crippen molar-refractivity contribution in [2.45, 2.75) is 58.2 Å². The molecule has 1 heterocycles. The van der Waals surface area contributed by atoms with Gasteiger partial charge in [-0.2, -0.15) is 13.2 Å². The molecule has 1 rings (SSSR count). The third-order valence-corrected chi connectivity index (χ3v) is 3.18. The number of anilines is 1. The van der Waals surface area contributed by atoms with E-state index >= 15 is 0 Å². The van der Waals surface area contributed by atoms with Crippen molar-refractivity contribution < 1.29 is 22.3 Å². The fraction of sp³-hybridized carbons (Fsp3) is 0.846. The molecule has 122 valence electrons. The summed E-state index contributed by atoms with van der Waals surface area (Å²) in [6.45, 7) is 7.89. The Labute approximate surface area is 122 Å². The highest BCUT2D eigenvalue weighted by Gasteiger charge is 2.32. The van der Waals surface area contributed by atoms with Crippen LogP contribution in [0.5, 0.6) is 0 Å². The van der Waals surface area contributed by atoms with Crippen molar-refractivity contribution >= 4 is 6.01 Å². The summed E-state index contributed by atoms with van der Waals surface area (Å²) in [4.78, 5) is 0. The number of nitrogens with one attached hydrogen (secondary N) is 1. The first-order valence-electron chi connectivity index (χ1n) is 6.74. The van der Waals surface area contributed by atoms with E-state index in [2.05, 4.69) is 15.5 Å². The molecule has 5 nitrogen and oxygen atoms in total. The highest BCUT2D eigenvalue weighted by molar-refractivity contribution is 5.19. The summed E-state index contributed by atoms with van der Waals surface area (Å²) in [5, 5.41) is 10.6. The standard InChI is InChI=1S/C13H22F3N3O2/c1-6-11(2,3)9-18-19-10(21-9)17-7-12(4,5)20-8-13(14,15)16/h6-8H2,1-5H3,(H,17,19). The number of ether oxygens (including phenoxy) is 1. The maximum atomic E-state index is 12.1. The fourth-order valence-corrected chi connectivity index (χ4v) is 1.34. The SMILES string of the molecule is CCC(C)(C)c1nnc(NCC(C)(C)OCC(F)(F)F)o1. The summed E-state index contributed by atoms with van der Waals surface area (Å²) < 4.78 is 46.7. The number of hydrogen-bond acceptors (Lipinski definition) is 5. The third kappa shape index (κ3) is 5.91. The minimum Gasteiger partial charge on any atom is -0.408 e. The van der Waals surface area contributed by atoms with Crippen molar-refractivity contribution in [3.63, 3.8) is 0 Å². The molecule has 0 aliphatic carbocycles. The Hall–Kier alpha value is -1.31. The van der Waals surface area contributed by atoms with Crippen LogP contribution in [0.1, 0.15) is 46.9 Å². The number of aromatic nitrogens is 2. The molecule has 0 bridgehead atoms. The Morgan fingerprint density at radius 1 is 1.14 bits per heavy atom. The normalized spacial score (nSPS) is 13.5. The summed E-state index contributed by atoms with van der Waals surface area (Å²) in [5.74, 6) is 0.488. The quantitative estimate of drug-likeness (QED) is 0.835. The number of alkyl halides is 3. The first-order chi connectivity index (χ1) is 9.45. The summed E-state index contributed by atoms with van der Waals surface area (Å²) in [6.07, 6.45) is -3.52. The van der Waals surface area contributed by atoms with Gasteiger partial charge >= 0.3 is 12.2 Å². The largest absolute Gasteiger partial charge is 0.411 e. The highest BCUT2D eigenvalue weighted by atomic mass is 19.4. The molecule has 0 saturated carbocycles. The van der Waals surface area contributed by atoms with Gasteiger partial charge in [-0.1, -0.05) is 25.9 Å². The van der Waals surface area contributed by atoms with Crippen LogP contribution in [-0.4, -0.2) is 35.1 Å². The molecule has 21 heavy (non-hydrogen) atoms. The van der Waals surface area contributed by atoms with Gasteiger partial charge < -0.3 is 14.5 Å². The Morgan fingerprint density at radius 3 is 2.29 bits per heavy atom. The third-order valence-electron chi connectivity index (χ3n) is 3.18. The fourth-order valence-electron chi connectivity index (χ4n) is 1.34.